The van der Waals surface area contributed by atoms with Crippen LogP contribution in [0.4, 0.5) is 0 Å². The lowest BCUT2D eigenvalue weighted by Crippen LogP contribution is -2.45. The highest BCUT2D eigenvalue weighted by Crippen LogP contribution is 2.33. The summed E-state index contributed by atoms with van der Waals surface area (Å²) in [4.78, 5) is 12.2. The highest BCUT2D eigenvalue weighted by atomic mass is 32.1. The number of amides is 1. The van der Waals surface area contributed by atoms with E-state index in [1.165, 1.54) is 18.2 Å². The number of carbonyl (C=O) groups excluding carboxylic acids is 1. The van der Waals surface area contributed by atoms with Crippen molar-refractivity contribution < 1.29 is 15.0 Å². The van der Waals surface area contributed by atoms with Gasteiger partial charge in [-0.3, -0.25) is 4.79 Å². The topological polar surface area (TPSA) is 95.6 Å². The third-order valence-electron chi connectivity index (χ3n) is 2.95. The molecule has 18 heavy (non-hydrogen) atoms. The van der Waals surface area contributed by atoms with Gasteiger partial charge in [-0.25, -0.2) is 0 Å². The number of thiocarbonyl (C=S) groups is 1. The van der Waals surface area contributed by atoms with Gasteiger partial charge in [0.05, 0.1) is 16.6 Å². The number of nitrogens with two attached hydrogens (primary N) is 1. The third-order valence-corrected chi connectivity index (χ3v) is 3.20. The number of para-hydroxylation sites is 1. The van der Waals surface area contributed by atoms with Crippen LogP contribution in [0.15, 0.2) is 18.2 Å². The summed E-state index contributed by atoms with van der Waals surface area (Å²) >= 11 is 4.91. The van der Waals surface area contributed by atoms with Crippen molar-refractivity contribution in [3.63, 3.8) is 0 Å². The van der Waals surface area contributed by atoms with Crippen LogP contribution in [0.25, 0.3) is 0 Å². The Morgan fingerprint density at radius 1 is 1.44 bits per heavy atom. The van der Waals surface area contributed by atoms with Crippen LogP contribution in [-0.4, -0.2) is 27.2 Å². The van der Waals surface area contributed by atoms with Crippen molar-refractivity contribution in [1.29, 1.82) is 0 Å². The van der Waals surface area contributed by atoms with E-state index in [1.807, 2.05) is 0 Å². The van der Waals surface area contributed by atoms with Gasteiger partial charge >= 0.3 is 0 Å². The maximum atomic E-state index is 12.0. The van der Waals surface area contributed by atoms with Crippen LogP contribution in [0.5, 0.6) is 11.5 Å². The molecule has 5 N–H and O–H groups in total. The molecular formula is C12H14N2O3S. The summed E-state index contributed by atoms with van der Waals surface area (Å²) in [7, 11) is 0. The van der Waals surface area contributed by atoms with Crippen molar-refractivity contribution in [1.82, 2.24) is 5.32 Å². The van der Waals surface area contributed by atoms with E-state index in [9.17, 15) is 15.0 Å². The second-order valence-corrected chi connectivity index (χ2v) is 4.84. The molecule has 1 unspecified atom stereocenters. The molecule has 5 nitrogen and oxygen atoms in total. The van der Waals surface area contributed by atoms with Crippen molar-refractivity contribution in [3.05, 3.63) is 23.8 Å². The molecule has 0 heterocycles. The standard InChI is InChI=1S/C12H14N2O3S/c13-11(18)9(6-4-5-6)14-12(17)7-2-1-3-8(15)10(7)16/h1-3,6,9,15-16H,4-5H2,(H2,13,18)(H,14,17). The Morgan fingerprint density at radius 3 is 2.67 bits per heavy atom. The molecular weight excluding hydrogens is 252 g/mol. The Morgan fingerprint density at radius 2 is 2.11 bits per heavy atom. The van der Waals surface area contributed by atoms with Crippen LogP contribution < -0.4 is 11.1 Å². The van der Waals surface area contributed by atoms with Crippen LogP contribution in [0.1, 0.15) is 23.2 Å². The van der Waals surface area contributed by atoms with E-state index >= 15 is 0 Å². The van der Waals surface area contributed by atoms with Crippen molar-refractivity contribution in [2.45, 2.75) is 18.9 Å². The fraction of sp³-hybridized carbons (Fsp3) is 0.333. The predicted molar refractivity (Wildman–Crippen MR) is 70.5 cm³/mol. The molecule has 1 amide bonds. The zero-order valence-corrected chi connectivity index (χ0v) is 10.4. The molecule has 1 aromatic rings. The lowest BCUT2D eigenvalue weighted by molar-refractivity contribution is 0.0940. The van der Waals surface area contributed by atoms with Crippen LogP contribution in [-0.2, 0) is 0 Å². The van der Waals surface area contributed by atoms with E-state index in [0.29, 0.717) is 0 Å². The first-order valence-corrected chi connectivity index (χ1v) is 6.02. The summed E-state index contributed by atoms with van der Waals surface area (Å²) in [6, 6.07) is 3.86. The number of hydrogen-bond donors (Lipinski definition) is 4. The molecule has 1 aliphatic carbocycles. The summed E-state index contributed by atoms with van der Waals surface area (Å²) in [6.07, 6.45) is 1.96. The summed E-state index contributed by atoms with van der Waals surface area (Å²) in [5, 5.41) is 21.6. The Kier molecular flexibility index (Phi) is 3.38. The van der Waals surface area contributed by atoms with Crippen LogP contribution in [0.2, 0.25) is 0 Å². The molecule has 1 saturated carbocycles. The highest BCUT2D eigenvalue weighted by molar-refractivity contribution is 7.80. The molecule has 0 aliphatic heterocycles. The number of rotatable bonds is 4. The fourth-order valence-electron chi connectivity index (χ4n) is 1.78. The number of phenols is 2. The van der Waals surface area contributed by atoms with E-state index in [4.69, 9.17) is 18.0 Å². The molecule has 1 aromatic carbocycles. The monoisotopic (exact) mass is 266 g/mol. The minimum absolute atomic E-state index is 0.0110. The zero-order valence-electron chi connectivity index (χ0n) is 9.59. The van der Waals surface area contributed by atoms with E-state index in [0.717, 1.165) is 12.8 Å². The van der Waals surface area contributed by atoms with E-state index < -0.39 is 11.7 Å². The summed E-state index contributed by atoms with van der Waals surface area (Å²) in [6.45, 7) is 0. The smallest absolute Gasteiger partial charge is 0.255 e. The van der Waals surface area contributed by atoms with Gasteiger partial charge in [0.2, 0.25) is 0 Å². The molecule has 0 aromatic heterocycles. The van der Waals surface area contributed by atoms with Crippen molar-refractivity contribution >= 4 is 23.1 Å². The molecule has 0 bridgehead atoms. The SMILES string of the molecule is NC(=S)C(NC(=O)c1cccc(O)c1O)C1CC1. The molecule has 1 atom stereocenters. The van der Waals surface area contributed by atoms with Crippen LogP contribution in [0.3, 0.4) is 0 Å². The van der Waals surface area contributed by atoms with Gasteiger partial charge in [-0.2, -0.15) is 0 Å². The van der Waals surface area contributed by atoms with Crippen LogP contribution >= 0.6 is 12.2 Å². The molecule has 6 heteroatoms. The Labute approximate surface area is 110 Å². The minimum Gasteiger partial charge on any atom is -0.504 e. The van der Waals surface area contributed by atoms with Crippen molar-refractivity contribution in [2.24, 2.45) is 11.7 Å². The van der Waals surface area contributed by atoms with Gasteiger partial charge in [-0.15, -0.1) is 0 Å². The van der Waals surface area contributed by atoms with Crippen LogP contribution in [0, 0.1) is 5.92 Å². The largest absolute Gasteiger partial charge is 0.504 e. The number of benzene rings is 1. The molecule has 96 valence electrons. The van der Waals surface area contributed by atoms with E-state index in [1.54, 1.807) is 0 Å². The second-order valence-electron chi connectivity index (χ2n) is 4.36. The van der Waals surface area contributed by atoms with E-state index in [2.05, 4.69) is 5.32 Å². The lowest BCUT2D eigenvalue weighted by Gasteiger charge is -2.17. The number of nitrogens with one attached hydrogen (secondary N) is 1. The van der Waals surface area contributed by atoms with Gasteiger partial charge in [-0.1, -0.05) is 18.3 Å². The molecule has 1 fully saturated rings. The van der Waals surface area contributed by atoms with Gasteiger partial charge in [-0.05, 0) is 30.9 Å². The number of aromatic hydroxyl groups is 2. The maximum absolute atomic E-state index is 12.0. The Balaban J connectivity index is 2.16. The van der Waals surface area contributed by atoms with Gasteiger partial charge in [0.1, 0.15) is 0 Å². The first kappa shape index (κ1) is 12.6. The number of hydrogen-bond acceptors (Lipinski definition) is 4. The minimum atomic E-state index is -0.492. The van der Waals surface area contributed by atoms with Gasteiger partial charge in [0.25, 0.3) is 5.91 Å². The number of phenolic OH excluding ortho intramolecular Hbond substituents is 2. The quantitative estimate of drug-likeness (QED) is 0.479. The van der Waals surface area contributed by atoms with Gasteiger partial charge < -0.3 is 21.3 Å². The van der Waals surface area contributed by atoms with Crippen molar-refractivity contribution in [3.8, 4) is 11.5 Å². The Bertz CT molecular complexity index is 500. The second kappa shape index (κ2) is 4.81. The average Bonchev–Trinajstić information content (AvgIpc) is 3.13. The van der Waals surface area contributed by atoms with E-state index in [-0.39, 0.29) is 28.3 Å². The summed E-state index contributed by atoms with van der Waals surface area (Å²) in [5.74, 6) is -0.979. The zero-order chi connectivity index (χ0) is 13.3. The highest BCUT2D eigenvalue weighted by Gasteiger charge is 2.34. The molecule has 0 radical (unpaired) electrons. The number of carbonyl (C=O) groups is 1. The maximum Gasteiger partial charge on any atom is 0.255 e. The predicted octanol–water partition coefficient (Wildman–Crippen LogP) is 0.892. The third kappa shape index (κ3) is 2.53. The first-order chi connectivity index (χ1) is 8.50. The van der Waals surface area contributed by atoms with Crippen molar-refractivity contribution in [2.75, 3.05) is 0 Å². The summed E-state index contributed by atoms with van der Waals surface area (Å²) in [5.41, 5.74) is 5.59. The molecule has 0 saturated heterocycles. The molecule has 1 aliphatic rings. The van der Waals surface area contributed by atoms with Gasteiger partial charge in [0, 0.05) is 0 Å². The Hall–Kier alpha value is -1.82. The average molecular weight is 266 g/mol. The first-order valence-electron chi connectivity index (χ1n) is 5.62. The van der Waals surface area contributed by atoms with Gasteiger partial charge in [0.15, 0.2) is 11.5 Å². The fourth-order valence-corrected chi connectivity index (χ4v) is 2.04. The lowest BCUT2D eigenvalue weighted by atomic mass is 10.1. The normalized spacial score (nSPS) is 16.0. The molecule has 0 spiro atoms. The molecule has 2 rings (SSSR count). The summed E-state index contributed by atoms with van der Waals surface area (Å²) < 4.78 is 0.